The van der Waals surface area contributed by atoms with E-state index in [1.54, 1.807) is 0 Å². The number of hydrogen-bond acceptors (Lipinski definition) is 0. The van der Waals surface area contributed by atoms with Crippen LogP contribution in [0.15, 0.2) is 36.9 Å². The van der Waals surface area contributed by atoms with Crippen molar-refractivity contribution in [3.63, 3.8) is 0 Å². The molecule has 0 saturated heterocycles. The second kappa shape index (κ2) is 4.50. The molecule has 0 unspecified atom stereocenters. The van der Waals surface area contributed by atoms with Gasteiger partial charge in [-0.3, -0.25) is 0 Å². The van der Waals surface area contributed by atoms with Gasteiger partial charge in [-0.2, -0.15) is 0 Å². The molecule has 0 aliphatic rings. The van der Waals surface area contributed by atoms with E-state index < -0.39 is 0 Å². The van der Waals surface area contributed by atoms with Gasteiger partial charge in [0, 0.05) is 20.4 Å². The summed E-state index contributed by atoms with van der Waals surface area (Å²) in [5, 5.41) is 0. The molecule has 0 heterocycles. The van der Waals surface area contributed by atoms with Gasteiger partial charge in [0.2, 0.25) is 0 Å². The van der Waals surface area contributed by atoms with E-state index in [1.807, 2.05) is 36.4 Å². The third-order valence-corrected chi connectivity index (χ3v) is 1.04. The van der Waals surface area contributed by atoms with Crippen LogP contribution in [0.5, 0.6) is 0 Å². The second-order valence-electron chi connectivity index (χ2n) is 1.61. The normalized spacial score (nSPS) is 7.56. The van der Waals surface area contributed by atoms with Crippen LogP contribution in [-0.2, 0) is 20.4 Å². The van der Waals surface area contributed by atoms with E-state index in [-0.39, 0.29) is 20.4 Å². The number of rotatable bonds is 1. The van der Waals surface area contributed by atoms with Crippen LogP contribution < -0.4 is 0 Å². The summed E-state index contributed by atoms with van der Waals surface area (Å²) in [5.41, 5.74) is 1.17. The Morgan fingerprint density at radius 3 is 2.00 bits per heavy atom. The van der Waals surface area contributed by atoms with Gasteiger partial charge in [0.05, 0.1) is 0 Å². The fourth-order valence-electron chi connectivity index (χ4n) is 0.589. The fourth-order valence-corrected chi connectivity index (χ4v) is 0.589. The predicted octanol–water partition coefficient (Wildman–Crippen LogP) is 2.33. The molecular weight excluding hydrogens is 203 g/mol. The standard InChI is InChI=1S/C8H8.Pd/c1-2-8-6-4-3-5-7-8;/h2-7H,1H2;. The summed E-state index contributed by atoms with van der Waals surface area (Å²) in [4.78, 5) is 0. The minimum absolute atomic E-state index is 0. The van der Waals surface area contributed by atoms with Crippen molar-refractivity contribution in [2.45, 2.75) is 0 Å². The predicted molar refractivity (Wildman–Crippen MR) is 36.5 cm³/mol. The molecule has 0 atom stereocenters. The number of hydrogen-bond donors (Lipinski definition) is 0. The molecule has 0 N–H and O–H groups in total. The largest absolute Gasteiger partial charge is 0.0985 e. The van der Waals surface area contributed by atoms with Crippen LogP contribution in [0.3, 0.4) is 0 Å². The molecule has 9 heavy (non-hydrogen) atoms. The molecule has 0 nitrogen and oxygen atoms in total. The Morgan fingerprint density at radius 2 is 1.67 bits per heavy atom. The molecule has 0 radical (unpaired) electrons. The van der Waals surface area contributed by atoms with Gasteiger partial charge in [-0.15, -0.1) is 0 Å². The summed E-state index contributed by atoms with van der Waals surface area (Å²) in [6.45, 7) is 3.63. The molecule has 1 aromatic rings. The summed E-state index contributed by atoms with van der Waals surface area (Å²) >= 11 is 0. The zero-order chi connectivity index (χ0) is 5.82. The first-order valence-electron chi connectivity index (χ1n) is 2.61. The van der Waals surface area contributed by atoms with Crippen LogP contribution in [0.4, 0.5) is 0 Å². The first-order valence-corrected chi connectivity index (χ1v) is 2.61. The Balaban J connectivity index is 0.000000640. The van der Waals surface area contributed by atoms with Crippen LogP contribution in [0.2, 0.25) is 0 Å². The van der Waals surface area contributed by atoms with Crippen LogP contribution in [0.1, 0.15) is 5.56 Å². The van der Waals surface area contributed by atoms with Gasteiger partial charge in [-0.1, -0.05) is 43.0 Å². The van der Waals surface area contributed by atoms with Crippen LogP contribution >= 0.6 is 0 Å². The summed E-state index contributed by atoms with van der Waals surface area (Å²) in [7, 11) is 0. The quantitative estimate of drug-likeness (QED) is 0.624. The van der Waals surface area contributed by atoms with Gasteiger partial charge >= 0.3 is 0 Å². The van der Waals surface area contributed by atoms with Crippen molar-refractivity contribution in [2.75, 3.05) is 0 Å². The second-order valence-corrected chi connectivity index (χ2v) is 1.61. The van der Waals surface area contributed by atoms with Gasteiger partial charge in [0.25, 0.3) is 0 Å². The smallest absolute Gasteiger partial charge is 0 e. The Labute approximate surface area is 69.3 Å². The average Bonchev–Trinajstić information content (AvgIpc) is 1.90. The Hall–Kier alpha value is -0.378. The van der Waals surface area contributed by atoms with Crippen LogP contribution in [0.25, 0.3) is 6.08 Å². The number of benzene rings is 1. The third-order valence-electron chi connectivity index (χ3n) is 1.04. The first-order chi connectivity index (χ1) is 3.93. The topological polar surface area (TPSA) is 0 Å². The molecule has 0 fully saturated rings. The van der Waals surface area contributed by atoms with Crippen molar-refractivity contribution in [2.24, 2.45) is 0 Å². The summed E-state index contributed by atoms with van der Waals surface area (Å²) in [6.07, 6.45) is 1.83. The summed E-state index contributed by atoms with van der Waals surface area (Å²) < 4.78 is 0. The summed E-state index contributed by atoms with van der Waals surface area (Å²) in [5.74, 6) is 0. The van der Waals surface area contributed by atoms with Gasteiger partial charge in [-0.05, 0) is 5.56 Å². The van der Waals surface area contributed by atoms with Crippen molar-refractivity contribution >= 4 is 6.08 Å². The van der Waals surface area contributed by atoms with Gasteiger partial charge in [-0.25, -0.2) is 0 Å². The monoisotopic (exact) mass is 210 g/mol. The van der Waals surface area contributed by atoms with Crippen LogP contribution in [0, 0.1) is 0 Å². The molecular formula is C8H8Pd. The fraction of sp³-hybridized carbons (Fsp3) is 0. The molecule has 0 aliphatic heterocycles. The Kier molecular flexibility index (Phi) is 4.31. The van der Waals surface area contributed by atoms with Crippen molar-refractivity contribution < 1.29 is 20.4 Å². The molecule has 50 valence electrons. The van der Waals surface area contributed by atoms with E-state index in [2.05, 4.69) is 6.58 Å². The van der Waals surface area contributed by atoms with E-state index >= 15 is 0 Å². The van der Waals surface area contributed by atoms with E-state index in [4.69, 9.17) is 0 Å². The molecule has 0 aliphatic carbocycles. The van der Waals surface area contributed by atoms with Gasteiger partial charge in [0.1, 0.15) is 0 Å². The van der Waals surface area contributed by atoms with Crippen molar-refractivity contribution in [3.8, 4) is 0 Å². The van der Waals surface area contributed by atoms with E-state index in [9.17, 15) is 0 Å². The SMILES string of the molecule is C=Cc1ccccc1.[Pd]. The molecule has 1 heteroatoms. The maximum Gasteiger partial charge on any atom is 0 e. The molecule has 0 amide bonds. The van der Waals surface area contributed by atoms with Crippen molar-refractivity contribution in [1.82, 2.24) is 0 Å². The van der Waals surface area contributed by atoms with E-state index in [0.29, 0.717) is 0 Å². The zero-order valence-electron chi connectivity index (χ0n) is 4.99. The Bertz CT molecular complexity index is 167. The minimum Gasteiger partial charge on any atom is -0.0985 e. The Morgan fingerprint density at radius 1 is 1.11 bits per heavy atom. The van der Waals surface area contributed by atoms with Gasteiger partial charge in [0.15, 0.2) is 0 Å². The minimum atomic E-state index is 0. The van der Waals surface area contributed by atoms with Gasteiger partial charge < -0.3 is 0 Å². The first kappa shape index (κ1) is 8.62. The molecule has 0 bridgehead atoms. The van der Waals surface area contributed by atoms with Crippen molar-refractivity contribution in [3.05, 3.63) is 42.5 Å². The molecule has 0 saturated carbocycles. The maximum atomic E-state index is 3.63. The van der Waals surface area contributed by atoms with Crippen molar-refractivity contribution in [1.29, 1.82) is 0 Å². The molecule has 1 rings (SSSR count). The summed E-state index contributed by atoms with van der Waals surface area (Å²) in [6, 6.07) is 10.0. The molecule has 1 aromatic carbocycles. The average molecular weight is 211 g/mol. The third kappa shape index (κ3) is 2.60. The zero-order valence-corrected chi connectivity index (χ0v) is 6.54. The maximum absolute atomic E-state index is 3.63. The molecule has 0 spiro atoms. The van der Waals surface area contributed by atoms with Crippen LogP contribution in [-0.4, -0.2) is 0 Å². The van der Waals surface area contributed by atoms with E-state index in [1.165, 1.54) is 5.56 Å². The van der Waals surface area contributed by atoms with E-state index in [0.717, 1.165) is 0 Å². The molecule has 0 aromatic heterocycles.